The average molecular weight is 425 g/mol. The summed E-state index contributed by atoms with van der Waals surface area (Å²) >= 11 is 0. The van der Waals surface area contributed by atoms with E-state index in [2.05, 4.69) is 21.8 Å². The van der Waals surface area contributed by atoms with Crippen LogP contribution in [-0.2, 0) is 0 Å². The van der Waals surface area contributed by atoms with E-state index in [0.717, 1.165) is 61.7 Å². The molecule has 3 aromatic heterocycles. The van der Waals surface area contributed by atoms with Crippen molar-refractivity contribution in [3.8, 4) is 11.8 Å². The van der Waals surface area contributed by atoms with Crippen LogP contribution < -0.4 is 5.73 Å². The fourth-order valence-electron chi connectivity index (χ4n) is 3.83. The molecule has 4 N–H and O–H groups in total. The van der Waals surface area contributed by atoms with Crippen LogP contribution >= 0.6 is 0 Å². The number of fused-ring (bicyclic) bond motifs is 8. The van der Waals surface area contributed by atoms with Crippen molar-refractivity contribution in [2.45, 2.75) is 0 Å². The van der Waals surface area contributed by atoms with Gasteiger partial charge in [0.1, 0.15) is 0 Å². The number of nitrogen functional groups attached to an aromatic ring is 1. The number of hydrogen-bond acceptors (Lipinski definition) is 3. The lowest BCUT2D eigenvalue weighted by Gasteiger charge is -1.91. The van der Waals surface area contributed by atoms with Crippen LogP contribution in [0.3, 0.4) is 0 Å². The number of hydrogen-bond donors (Lipinski definition) is 3. The Morgan fingerprint density at radius 2 is 1.15 bits per heavy atom. The molecule has 5 heteroatoms. The van der Waals surface area contributed by atoms with E-state index in [4.69, 9.17) is 15.7 Å². The van der Waals surface area contributed by atoms with Crippen LogP contribution in [0.5, 0.6) is 0 Å². The Hall–Kier alpha value is -4.82. The molecule has 1 aromatic carbocycles. The SMILES string of the molecule is Nc1ccc(C#Cc2cc3cc4nc(cc5ccc(cc6nc(cc2[nH]3)C=C6)[nH]5)C=C4)cc1. The molecule has 0 unspecified atom stereocenters. The molecular formula is C28H19N5. The molecule has 2 aliphatic rings. The van der Waals surface area contributed by atoms with Crippen LogP contribution in [0.1, 0.15) is 33.9 Å². The van der Waals surface area contributed by atoms with E-state index < -0.39 is 0 Å². The lowest BCUT2D eigenvalue weighted by Crippen LogP contribution is -1.83. The standard InChI is InChI=1S/C28H19N5/c29-20-5-2-18(3-6-20)1-4-19-13-27-16-25-10-9-23(31-25)14-21-7-8-22(30-21)15-24-11-12-26(32-24)17-28(19)33-27/h2-3,5-17,30,33H,29H2. The Kier molecular flexibility index (Phi) is 4.41. The summed E-state index contributed by atoms with van der Waals surface area (Å²) in [5.41, 5.74) is 15.7. The number of rotatable bonds is 0. The van der Waals surface area contributed by atoms with E-state index >= 15 is 0 Å². The molecule has 0 saturated heterocycles. The molecule has 6 rings (SSSR count). The van der Waals surface area contributed by atoms with Crippen LogP contribution in [0.4, 0.5) is 5.69 Å². The molecule has 4 aromatic rings. The van der Waals surface area contributed by atoms with Crippen molar-refractivity contribution < 1.29 is 0 Å². The fourth-order valence-corrected chi connectivity index (χ4v) is 3.83. The summed E-state index contributed by atoms with van der Waals surface area (Å²) in [5, 5.41) is 0. The van der Waals surface area contributed by atoms with Crippen LogP contribution in [0.25, 0.3) is 46.4 Å². The molecule has 0 amide bonds. The molecule has 8 bridgehead atoms. The molecule has 2 aliphatic heterocycles. The van der Waals surface area contributed by atoms with Gasteiger partial charge in [0.05, 0.1) is 33.9 Å². The maximum Gasteiger partial charge on any atom is 0.0658 e. The van der Waals surface area contributed by atoms with Crippen LogP contribution in [0.15, 0.2) is 66.7 Å². The quantitative estimate of drug-likeness (QED) is 0.218. The van der Waals surface area contributed by atoms with Gasteiger partial charge in [0.25, 0.3) is 0 Å². The number of nitrogens with two attached hydrogens (primary N) is 1. The van der Waals surface area contributed by atoms with Gasteiger partial charge in [0.15, 0.2) is 0 Å². The molecular weight excluding hydrogens is 406 g/mol. The Morgan fingerprint density at radius 3 is 1.79 bits per heavy atom. The first-order chi connectivity index (χ1) is 16.2. The molecule has 5 nitrogen and oxygen atoms in total. The molecule has 0 spiro atoms. The summed E-state index contributed by atoms with van der Waals surface area (Å²) < 4.78 is 0. The van der Waals surface area contributed by atoms with Crippen molar-refractivity contribution in [3.05, 3.63) is 101 Å². The van der Waals surface area contributed by atoms with Gasteiger partial charge in [-0.05, 0) is 91.0 Å². The predicted octanol–water partition coefficient (Wildman–Crippen LogP) is 5.64. The van der Waals surface area contributed by atoms with E-state index in [1.54, 1.807) is 0 Å². The number of H-pyrrole nitrogens is 2. The maximum absolute atomic E-state index is 5.79. The number of benzene rings is 1. The highest BCUT2D eigenvalue weighted by Gasteiger charge is 2.04. The lowest BCUT2D eigenvalue weighted by molar-refractivity contribution is 1.31. The molecule has 33 heavy (non-hydrogen) atoms. The predicted molar refractivity (Wildman–Crippen MR) is 136 cm³/mol. The molecule has 0 atom stereocenters. The zero-order valence-electron chi connectivity index (χ0n) is 17.6. The van der Waals surface area contributed by atoms with Crippen molar-refractivity contribution in [2.75, 3.05) is 5.73 Å². The smallest absolute Gasteiger partial charge is 0.0658 e. The Morgan fingerprint density at radius 1 is 0.576 bits per heavy atom. The highest BCUT2D eigenvalue weighted by atomic mass is 14.8. The second-order valence-corrected chi connectivity index (χ2v) is 7.96. The van der Waals surface area contributed by atoms with E-state index in [1.807, 2.05) is 91.0 Å². The van der Waals surface area contributed by atoms with Crippen molar-refractivity contribution >= 4 is 52.1 Å². The number of aromatic nitrogens is 4. The van der Waals surface area contributed by atoms with Crippen LogP contribution in [-0.4, -0.2) is 19.9 Å². The van der Waals surface area contributed by atoms with Gasteiger partial charge < -0.3 is 15.7 Å². The highest BCUT2D eigenvalue weighted by molar-refractivity contribution is 5.79. The topological polar surface area (TPSA) is 83.4 Å². The highest BCUT2D eigenvalue weighted by Crippen LogP contribution is 2.19. The van der Waals surface area contributed by atoms with E-state index in [-0.39, 0.29) is 0 Å². The molecule has 0 saturated carbocycles. The minimum absolute atomic E-state index is 0.723. The van der Waals surface area contributed by atoms with E-state index in [9.17, 15) is 0 Å². The second kappa shape index (κ2) is 7.70. The number of nitrogens with one attached hydrogen (secondary N) is 2. The number of anilines is 1. The number of aromatic amines is 2. The van der Waals surface area contributed by atoms with Crippen molar-refractivity contribution in [1.82, 2.24) is 19.9 Å². The molecule has 0 fully saturated rings. The first kappa shape index (κ1) is 18.9. The fraction of sp³-hybridized carbons (Fsp3) is 0. The van der Waals surface area contributed by atoms with Gasteiger partial charge in [-0.25, -0.2) is 9.97 Å². The van der Waals surface area contributed by atoms with Gasteiger partial charge in [0.2, 0.25) is 0 Å². The molecule has 5 heterocycles. The zero-order chi connectivity index (χ0) is 22.2. The van der Waals surface area contributed by atoms with Gasteiger partial charge in [-0.15, -0.1) is 0 Å². The van der Waals surface area contributed by atoms with Crippen LogP contribution in [0.2, 0.25) is 0 Å². The lowest BCUT2D eigenvalue weighted by atomic mass is 10.2. The largest absolute Gasteiger partial charge is 0.399 e. The summed E-state index contributed by atoms with van der Waals surface area (Å²) in [6, 6.07) is 21.8. The third kappa shape index (κ3) is 4.06. The van der Waals surface area contributed by atoms with Gasteiger partial charge in [-0.2, -0.15) is 0 Å². The Labute approximate surface area is 190 Å². The molecule has 156 valence electrons. The van der Waals surface area contributed by atoms with E-state index in [1.165, 1.54) is 0 Å². The third-order valence-electron chi connectivity index (χ3n) is 5.42. The maximum atomic E-state index is 5.79. The summed E-state index contributed by atoms with van der Waals surface area (Å²) in [5.74, 6) is 6.52. The molecule has 0 aliphatic carbocycles. The van der Waals surface area contributed by atoms with Crippen molar-refractivity contribution in [1.29, 1.82) is 0 Å². The molecule has 0 radical (unpaired) electrons. The summed E-state index contributed by atoms with van der Waals surface area (Å²) in [4.78, 5) is 16.3. The minimum Gasteiger partial charge on any atom is -0.399 e. The Bertz CT molecular complexity index is 1670. The van der Waals surface area contributed by atoms with Gasteiger partial charge in [-0.1, -0.05) is 11.8 Å². The van der Waals surface area contributed by atoms with Crippen molar-refractivity contribution in [3.63, 3.8) is 0 Å². The summed E-state index contributed by atoms with van der Waals surface area (Å²) in [6.45, 7) is 0. The first-order valence-electron chi connectivity index (χ1n) is 10.6. The minimum atomic E-state index is 0.723. The normalized spacial score (nSPS) is 11.9. The van der Waals surface area contributed by atoms with Gasteiger partial charge in [0, 0.05) is 27.8 Å². The Balaban J connectivity index is 1.58. The monoisotopic (exact) mass is 425 g/mol. The average Bonchev–Trinajstić information content (AvgIpc) is 3.59. The van der Waals surface area contributed by atoms with Gasteiger partial charge >= 0.3 is 0 Å². The van der Waals surface area contributed by atoms with Gasteiger partial charge in [-0.3, -0.25) is 0 Å². The number of nitrogens with zero attached hydrogens (tertiary/aromatic N) is 2. The summed E-state index contributed by atoms with van der Waals surface area (Å²) in [6.07, 6.45) is 8.03. The van der Waals surface area contributed by atoms with Crippen molar-refractivity contribution in [2.24, 2.45) is 0 Å². The van der Waals surface area contributed by atoms with Crippen LogP contribution in [0, 0.1) is 11.8 Å². The first-order valence-corrected chi connectivity index (χ1v) is 10.6. The second-order valence-electron chi connectivity index (χ2n) is 7.96. The summed E-state index contributed by atoms with van der Waals surface area (Å²) in [7, 11) is 0. The third-order valence-corrected chi connectivity index (χ3v) is 5.42. The van der Waals surface area contributed by atoms with E-state index in [0.29, 0.717) is 0 Å². The zero-order valence-corrected chi connectivity index (χ0v) is 17.6.